The molecule has 5 rings (SSSR count). The number of carbonyl (C=O) groups excluding carboxylic acids is 1. The molecule has 1 saturated heterocycles. The van der Waals surface area contributed by atoms with Crippen molar-refractivity contribution >= 4 is 12.0 Å². The molecule has 4 heterocycles. The maximum Gasteiger partial charge on any atom is 0.219 e. The number of nitrogens with zero attached hydrogens (tertiary/aromatic N) is 5. The van der Waals surface area contributed by atoms with Crippen LogP contribution in [0, 0.1) is 6.92 Å². The summed E-state index contributed by atoms with van der Waals surface area (Å²) in [6, 6.07) is 8.99. The van der Waals surface area contributed by atoms with Gasteiger partial charge in [-0.2, -0.15) is 0 Å². The van der Waals surface area contributed by atoms with Crippen LogP contribution in [0.3, 0.4) is 0 Å². The molecular weight excluding hydrogens is 486 g/mol. The van der Waals surface area contributed by atoms with E-state index in [2.05, 4.69) is 74.4 Å². The molecule has 1 amide bonds. The number of carbonyl (C=O) groups is 1. The van der Waals surface area contributed by atoms with Crippen LogP contribution >= 0.6 is 0 Å². The molecule has 2 unspecified atom stereocenters. The van der Waals surface area contributed by atoms with E-state index in [0.29, 0.717) is 0 Å². The highest BCUT2D eigenvalue weighted by atomic mass is 16.2. The van der Waals surface area contributed by atoms with Gasteiger partial charge in [0.15, 0.2) is 5.82 Å². The van der Waals surface area contributed by atoms with Crippen molar-refractivity contribution < 1.29 is 4.79 Å². The highest BCUT2D eigenvalue weighted by Crippen LogP contribution is 2.40. The molecular formula is C31H45N7O. The molecule has 3 aliphatic heterocycles. The minimum atomic E-state index is -0.259. The van der Waals surface area contributed by atoms with Crippen LogP contribution in [0.2, 0.25) is 0 Å². The van der Waals surface area contributed by atoms with E-state index in [0.717, 1.165) is 56.4 Å². The predicted octanol–water partition coefficient (Wildman–Crippen LogP) is 4.13. The first-order chi connectivity index (χ1) is 18.9. The molecule has 1 spiro atoms. The van der Waals surface area contributed by atoms with E-state index >= 15 is 0 Å². The highest BCUT2D eigenvalue weighted by Gasteiger charge is 2.43. The van der Waals surface area contributed by atoms with Crippen molar-refractivity contribution in [1.82, 2.24) is 29.9 Å². The van der Waals surface area contributed by atoms with Crippen molar-refractivity contribution in [2.24, 2.45) is 5.73 Å². The van der Waals surface area contributed by atoms with E-state index in [4.69, 9.17) is 5.73 Å². The average Bonchev–Trinajstić information content (AvgIpc) is 3.46. The van der Waals surface area contributed by atoms with Crippen molar-refractivity contribution in [3.63, 3.8) is 0 Å². The van der Waals surface area contributed by atoms with Crippen LogP contribution in [0.25, 0.3) is 6.08 Å². The number of rotatable bonds is 9. The van der Waals surface area contributed by atoms with Gasteiger partial charge in [0.1, 0.15) is 5.82 Å². The maximum atomic E-state index is 11.5. The molecule has 2 atom stereocenters. The van der Waals surface area contributed by atoms with Crippen LogP contribution < -0.4 is 11.1 Å². The maximum absolute atomic E-state index is 11.5. The number of nitrogens with one attached hydrogen (secondary N) is 1. The number of amides is 1. The van der Waals surface area contributed by atoms with Gasteiger partial charge >= 0.3 is 0 Å². The molecule has 1 fully saturated rings. The molecule has 1 aromatic heterocycles. The van der Waals surface area contributed by atoms with Crippen LogP contribution in [-0.2, 0) is 23.3 Å². The largest absolute Gasteiger partial charge is 0.385 e. The van der Waals surface area contributed by atoms with Crippen molar-refractivity contribution in [3.05, 3.63) is 77.2 Å². The lowest BCUT2D eigenvalue weighted by atomic mass is 9.92. The Bertz CT molecular complexity index is 1220. The van der Waals surface area contributed by atoms with Crippen LogP contribution in [0.5, 0.6) is 0 Å². The molecule has 8 nitrogen and oxygen atoms in total. The lowest BCUT2D eigenvalue weighted by Crippen LogP contribution is -2.58. The van der Waals surface area contributed by atoms with Gasteiger partial charge in [0.05, 0.1) is 17.6 Å². The molecule has 39 heavy (non-hydrogen) atoms. The van der Waals surface area contributed by atoms with Crippen molar-refractivity contribution in [2.45, 2.75) is 84.5 Å². The summed E-state index contributed by atoms with van der Waals surface area (Å²) in [7, 11) is 0. The van der Waals surface area contributed by atoms with Crippen molar-refractivity contribution in [1.29, 1.82) is 0 Å². The minimum absolute atomic E-state index is 0.125. The summed E-state index contributed by atoms with van der Waals surface area (Å²) < 4.78 is 2.27. The third-order valence-corrected chi connectivity index (χ3v) is 7.77. The topological polar surface area (TPSA) is 92.3 Å². The average molecular weight is 532 g/mol. The van der Waals surface area contributed by atoms with Crippen LogP contribution in [0.1, 0.15) is 69.7 Å². The SMILES string of the molecule is CC.CCCCc1cccc(CN2CC3(C=C2C(N)/C=C\NC2CN(C(C)=O)C2)CC=Cc2nnc(C)n23)c1. The van der Waals surface area contributed by atoms with Gasteiger partial charge in [0, 0.05) is 38.8 Å². The molecule has 3 N–H and O–H groups in total. The number of allylic oxidation sites excluding steroid dienone is 1. The lowest BCUT2D eigenvalue weighted by Gasteiger charge is -2.38. The summed E-state index contributed by atoms with van der Waals surface area (Å²) in [6.45, 7) is 13.0. The van der Waals surface area contributed by atoms with Gasteiger partial charge in [-0.1, -0.05) is 57.5 Å². The van der Waals surface area contributed by atoms with E-state index in [1.807, 2.05) is 37.9 Å². The van der Waals surface area contributed by atoms with E-state index in [1.54, 1.807) is 6.92 Å². The summed E-state index contributed by atoms with van der Waals surface area (Å²) in [5.41, 5.74) is 10.4. The first-order valence-corrected chi connectivity index (χ1v) is 14.5. The monoisotopic (exact) mass is 531 g/mol. The number of nitrogens with two attached hydrogens (primary N) is 1. The summed E-state index contributed by atoms with van der Waals surface area (Å²) in [4.78, 5) is 15.7. The molecule has 8 heteroatoms. The zero-order valence-corrected chi connectivity index (χ0v) is 24.2. The molecule has 0 saturated carbocycles. The molecule has 2 aromatic rings. The van der Waals surface area contributed by atoms with E-state index in [9.17, 15) is 4.79 Å². The van der Waals surface area contributed by atoms with Crippen molar-refractivity contribution in [3.8, 4) is 0 Å². The second kappa shape index (κ2) is 12.6. The second-order valence-corrected chi connectivity index (χ2v) is 10.7. The van der Waals surface area contributed by atoms with Gasteiger partial charge in [-0.05, 0) is 61.7 Å². The summed E-state index contributed by atoms with van der Waals surface area (Å²) in [6.07, 6.45) is 15.0. The minimum Gasteiger partial charge on any atom is -0.385 e. The summed E-state index contributed by atoms with van der Waals surface area (Å²) in [5, 5.41) is 12.2. The number of hydrogen-bond donors (Lipinski definition) is 2. The van der Waals surface area contributed by atoms with Crippen LogP contribution in [0.15, 0.2) is 54.4 Å². The Labute approximate surface area is 233 Å². The van der Waals surface area contributed by atoms with Crippen molar-refractivity contribution in [2.75, 3.05) is 19.6 Å². The summed E-state index contributed by atoms with van der Waals surface area (Å²) in [5.74, 6) is 1.94. The fraction of sp³-hybridized carbons (Fsp3) is 0.516. The Morgan fingerprint density at radius 2 is 2.03 bits per heavy atom. The van der Waals surface area contributed by atoms with E-state index in [-0.39, 0.29) is 23.5 Å². The third kappa shape index (κ3) is 6.27. The Kier molecular flexibility index (Phi) is 9.28. The Morgan fingerprint density at radius 3 is 2.77 bits per heavy atom. The fourth-order valence-electron chi connectivity index (χ4n) is 5.76. The number of benzene rings is 1. The first kappa shape index (κ1) is 28.6. The van der Waals surface area contributed by atoms with Crippen LogP contribution in [0.4, 0.5) is 0 Å². The number of fused-ring (bicyclic) bond motifs is 2. The second-order valence-electron chi connectivity index (χ2n) is 10.7. The molecule has 0 radical (unpaired) electrons. The number of likely N-dealkylation sites (tertiary alicyclic amines) is 1. The van der Waals surface area contributed by atoms with Gasteiger partial charge in [-0.3, -0.25) is 9.36 Å². The number of unbranched alkanes of at least 4 members (excludes halogenated alkanes) is 1. The van der Waals surface area contributed by atoms with Gasteiger partial charge in [0.2, 0.25) is 5.91 Å². The number of hydrogen-bond acceptors (Lipinski definition) is 6. The highest BCUT2D eigenvalue weighted by molar-refractivity contribution is 5.74. The Balaban J connectivity index is 0.00000172. The molecule has 3 aliphatic rings. The molecule has 1 aromatic carbocycles. The zero-order chi connectivity index (χ0) is 28.0. The lowest BCUT2D eigenvalue weighted by molar-refractivity contribution is -0.133. The van der Waals surface area contributed by atoms with Crippen LogP contribution in [-0.4, -0.2) is 62.2 Å². The fourth-order valence-corrected chi connectivity index (χ4v) is 5.76. The Morgan fingerprint density at radius 1 is 1.26 bits per heavy atom. The molecule has 210 valence electrons. The number of aryl methyl sites for hydroxylation is 2. The van der Waals surface area contributed by atoms with Gasteiger partial charge in [0.25, 0.3) is 0 Å². The third-order valence-electron chi connectivity index (χ3n) is 7.77. The van der Waals surface area contributed by atoms with E-state index in [1.165, 1.54) is 24.0 Å². The van der Waals surface area contributed by atoms with E-state index < -0.39 is 0 Å². The predicted molar refractivity (Wildman–Crippen MR) is 158 cm³/mol. The number of aromatic nitrogens is 3. The smallest absolute Gasteiger partial charge is 0.219 e. The van der Waals surface area contributed by atoms with Gasteiger partial charge in [-0.25, -0.2) is 0 Å². The molecule has 0 bridgehead atoms. The molecule has 0 aliphatic carbocycles. The van der Waals surface area contributed by atoms with Gasteiger partial charge < -0.3 is 20.9 Å². The standard InChI is InChI=1S/C29H39N7O.C2H6/c1-4-5-8-23-9-6-10-24(15-23)17-35-20-29(13-7-11-28-33-32-21(2)36(28)29)16-27(35)26(30)12-14-31-25-18-34(19-25)22(3)37;1-2/h6-7,9-12,14-16,25-26,31H,4-5,8,13,17-20,30H2,1-3H3;1-2H3/b14-12-;. The summed E-state index contributed by atoms with van der Waals surface area (Å²) >= 11 is 0. The zero-order valence-electron chi connectivity index (χ0n) is 24.2. The normalized spacial score (nSPS) is 20.9. The van der Waals surface area contributed by atoms with Gasteiger partial charge in [-0.15, -0.1) is 10.2 Å². The Hall–Kier alpha value is -3.39. The quantitative estimate of drug-likeness (QED) is 0.506. The first-order valence-electron chi connectivity index (χ1n) is 14.5.